The highest BCUT2D eigenvalue weighted by Gasteiger charge is 2.21. The van der Waals surface area contributed by atoms with Gasteiger partial charge in [-0.15, -0.1) is 0 Å². The number of amides is 1. The molecule has 1 saturated carbocycles. The second kappa shape index (κ2) is 6.71. The zero-order valence-corrected chi connectivity index (χ0v) is 14.9. The van der Waals surface area contributed by atoms with Gasteiger partial charge in [-0.1, -0.05) is 12.8 Å². The molecule has 6 heteroatoms. The van der Waals surface area contributed by atoms with E-state index in [9.17, 15) is 4.79 Å². The molecule has 0 saturated heterocycles. The van der Waals surface area contributed by atoms with E-state index in [1.807, 2.05) is 33.8 Å². The van der Waals surface area contributed by atoms with E-state index in [1.54, 1.807) is 4.68 Å². The number of nitrogens with one attached hydrogen (secondary N) is 1. The molecule has 0 atom stereocenters. The molecule has 24 heavy (non-hydrogen) atoms. The predicted molar refractivity (Wildman–Crippen MR) is 92.2 cm³/mol. The van der Waals surface area contributed by atoms with Gasteiger partial charge in [-0.3, -0.25) is 4.79 Å². The lowest BCUT2D eigenvalue weighted by Gasteiger charge is -2.12. The van der Waals surface area contributed by atoms with Gasteiger partial charge in [-0.2, -0.15) is 5.10 Å². The molecule has 0 bridgehead atoms. The number of carbonyl (C=O) groups is 1. The molecule has 1 amide bonds. The Labute approximate surface area is 142 Å². The van der Waals surface area contributed by atoms with Crippen molar-refractivity contribution in [3.05, 3.63) is 34.4 Å². The number of rotatable bonds is 4. The van der Waals surface area contributed by atoms with Crippen molar-refractivity contribution in [2.45, 2.75) is 65.8 Å². The van der Waals surface area contributed by atoms with Crippen LogP contribution < -0.4 is 5.32 Å². The summed E-state index contributed by atoms with van der Waals surface area (Å²) in [7, 11) is 0. The Hall–Kier alpha value is -2.24. The molecule has 0 spiro atoms. The van der Waals surface area contributed by atoms with E-state index in [0.29, 0.717) is 18.4 Å². The minimum absolute atomic E-state index is 0.0778. The number of aromatic nitrogens is 4. The van der Waals surface area contributed by atoms with E-state index in [0.717, 1.165) is 41.2 Å². The second-order valence-corrected chi connectivity index (χ2v) is 6.74. The molecule has 128 valence electrons. The summed E-state index contributed by atoms with van der Waals surface area (Å²) in [5, 5.41) is 7.70. The molecule has 1 N–H and O–H groups in total. The standard InChI is InChI=1S/C18H25N5O/c1-11-9-12(2)20-18(19-11)23-14(4)16(13(3)22-23)10-17(24)21-15-7-5-6-8-15/h9,15H,5-8,10H2,1-4H3,(H,21,24). The van der Waals surface area contributed by atoms with Crippen molar-refractivity contribution in [3.8, 4) is 5.95 Å². The third-order valence-corrected chi connectivity index (χ3v) is 4.66. The SMILES string of the molecule is Cc1cc(C)nc(-n2nc(C)c(CC(=O)NC3CCCC3)c2C)n1. The summed E-state index contributed by atoms with van der Waals surface area (Å²) in [6.07, 6.45) is 4.98. The van der Waals surface area contributed by atoms with Crippen molar-refractivity contribution in [2.24, 2.45) is 0 Å². The number of aryl methyl sites for hydroxylation is 3. The Balaban J connectivity index is 1.82. The smallest absolute Gasteiger partial charge is 0.251 e. The van der Waals surface area contributed by atoms with Crippen molar-refractivity contribution in [3.63, 3.8) is 0 Å². The summed E-state index contributed by atoms with van der Waals surface area (Å²) in [6.45, 7) is 7.79. The molecule has 1 aliphatic rings. The van der Waals surface area contributed by atoms with E-state index in [2.05, 4.69) is 20.4 Å². The molecule has 1 aliphatic carbocycles. The highest BCUT2D eigenvalue weighted by molar-refractivity contribution is 5.79. The van der Waals surface area contributed by atoms with E-state index < -0.39 is 0 Å². The summed E-state index contributed by atoms with van der Waals surface area (Å²) in [4.78, 5) is 21.3. The van der Waals surface area contributed by atoms with Gasteiger partial charge in [0.2, 0.25) is 5.91 Å². The van der Waals surface area contributed by atoms with Crippen molar-refractivity contribution in [1.29, 1.82) is 0 Å². The zero-order valence-electron chi connectivity index (χ0n) is 14.9. The summed E-state index contributed by atoms with van der Waals surface area (Å²) in [6, 6.07) is 2.28. The molecule has 0 unspecified atom stereocenters. The maximum atomic E-state index is 12.3. The first-order valence-corrected chi connectivity index (χ1v) is 8.61. The first kappa shape index (κ1) is 16.6. The number of carbonyl (C=O) groups excluding carboxylic acids is 1. The quantitative estimate of drug-likeness (QED) is 0.936. The van der Waals surface area contributed by atoms with Crippen molar-refractivity contribution >= 4 is 5.91 Å². The lowest BCUT2D eigenvalue weighted by Crippen LogP contribution is -2.33. The van der Waals surface area contributed by atoms with E-state index in [4.69, 9.17) is 0 Å². The largest absolute Gasteiger partial charge is 0.353 e. The van der Waals surface area contributed by atoms with E-state index >= 15 is 0 Å². The molecular formula is C18H25N5O. The molecule has 2 aromatic rings. The van der Waals surface area contributed by atoms with Crippen molar-refractivity contribution in [1.82, 2.24) is 25.1 Å². The topological polar surface area (TPSA) is 72.7 Å². The fourth-order valence-corrected chi connectivity index (χ4v) is 3.44. The van der Waals surface area contributed by atoms with Gasteiger partial charge in [0.15, 0.2) is 0 Å². The summed E-state index contributed by atoms with van der Waals surface area (Å²) < 4.78 is 1.74. The maximum Gasteiger partial charge on any atom is 0.251 e. The van der Waals surface area contributed by atoms with Crippen LogP contribution in [0.25, 0.3) is 5.95 Å². The predicted octanol–water partition coefficient (Wildman–Crippen LogP) is 2.50. The van der Waals surface area contributed by atoms with Gasteiger partial charge in [0.05, 0.1) is 12.1 Å². The second-order valence-electron chi connectivity index (χ2n) is 6.74. The average Bonchev–Trinajstić information content (AvgIpc) is 3.09. The molecular weight excluding hydrogens is 302 g/mol. The Kier molecular flexibility index (Phi) is 4.64. The number of nitrogens with zero attached hydrogens (tertiary/aromatic N) is 4. The molecule has 2 aromatic heterocycles. The van der Waals surface area contributed by atoms with Crippen LogP contribution in [-0.2, 0) is 11.2 Å². The van der Waals surface area contributed by atoms with Crippen LogP contribution in [0.2, 0.25) is 0 Å². The van der Waals surface area contributed by atoms with Crippen LogP contribution in [0.4, 0.5) is 0 Å². The van der Waals surface area contributed by atoms with Gasteiger partial charge in [-0.25, -0.2) is 14.6 Å². The Morgan fingerprint density at radius 1 is 1.17 bits per heavy atom. The lowest BCUT2D eigenvalue weighted by atomic mass is 10.1. The molecule has 0 radical (unpaired) electrons. The van der Waals surface area contributed by atoms with Crippen LogP contribution in [0.3, 0.4) is 0 Å². The van der Waals surface area contributed by atoms with Gasteiger partial charge in [0.1, 0.15) is 0 Å². The van der Waals surface area contributed by atoms with Gasteiger partial charge in [0, 0.05) is 28.7 Å². The van der Waals surface area contributed by atoms with Crippen LogP contribution >= 0.6 is 0 Å². The molecule has 6 nitrogen and oxygen atoms in total. The fraction of sp³-hybridized carbons (Fsp3) is 0.556. The average molecular weight is 327 g/mol. The van der Waals surface area contributed by atoms with Crippen LogP contribution in [0.5, 0.6) is 0 Å². The number of hydrogen-bond acceptors (Lipinski definition) is 4. The van der Waals surface area contributed by atoms with Crippen LogP contribution in [0.15, 0.2) is 6.07 Å². The van der Waals surface area contributed by atoms with Crippen molar-refractivity contribution in [2.75, 3.05) is 0 Å². The summed E-state index contributed by atoms with van der Waals surface area (Å²) in [5.41, 5.74) is 4.57. The van der Waals surface area contributed by atoms with Crippen LogP contribution in [0, 0.1) is 27.7 Å². The highest BCUT2D eigenvalue weighted by atomic mass is 16.1. The normalized spacial score (nSPS) is 15.0. The maximum absolute atomic E-state index is 12.3. The summed E-state index contributed by atoms with van der Waals surface area (Å²) in [5.74, 6) is 0.643. The van der Waals surface area contributed by atoms with E-state index in [1.165, 1.54) is 12.8 Å². The number of hydrogen-bond donors (Lipinski definition) is 1. The zero-order chi connectivity index (χ0) is 17.3. The Morgan fingerprint density at radius 2 is 1.79 bits per heavy atom. The van der Waals surface area contributed by atoms with Gasteiger partial charge in [-0.05, 0) is 46.6 Å². The lowest BCUT2D eigenvalue weighted by molar-refractivity contribution is -0.121. The Bertz CT molecular complexity index is 739. The monoisotopic (exact) mass is 327 g/mol. The van der Waals surface area contributed by atoms with Gasteiger partial charge in [0.25, 0.3) is 5.95 Å². The molecule has 3 rings (SSSR count). The van der Waals surface area contributed by atoms with Crippen molar-refractivity contribution < 1.29 is 4.79 Å². The minimum atomic E-state index is 0.0778. The minimum Gasteiger partial charge on any atom is -0.353 e. The third-order valence-electron chi connectivity index (χ3n) is 4.66. The third kappa shape index (κ3) is 3.47. The van der Waals surface area contributed by atoms with E-state index in [-0.39, 0.29) is 5.91 Å². The molecule has 2 heterocycles. The summed E-state index contributed by atoms with van der Waals surface area (Å²) >= 11 is 0. The van der Waals surface area contributed by atoms with Gasteiger partial charge >= 0.3 is 0 Å². The molecule has 0 aliphatic heterocycles. The molecule has 0 aromatic carbocycles. The van der Waals surface area contributed by atoms with Crippen LogP contribution in [0.1, 0.15) is 54.0 Å². The Morgan fingerprint density at radius 3 is 2.42 bits per heavy atom. The highest BCUT2D eigenvalue weighted by Crippen LogP contribution is 2.20. The van der Waals surface area contributed by atoms with Crippen LogP contribution in [-0.4, -0.2) is 31.7 Å². The molecule has 1 fully saturated rings. The first-order chi connectivity index (χ1) is 11.4. The first-order valence-electron chi connectivity index (χ1n) is 8.61. The van der Waals surface area contributed by atoms with Gasteiger partial charge < -0.3 is 5.32 Å². The fourth-order valence-electron chi connectivity index (χ4n) is 3.44.